The molecule has 2 aliphatic heterocycles. The molecule has 0 radical (unpaired) electrons. The Hall–Kier alpha value is -0.610. The molecule has 0 N–H and O–H groups in total. The van der Waals surface area contributed by atoms with Gasteiger partial charge in [-0.1, -0.05) is 0 Å². The zero-order chi connectivity index (χ0) is 13.1. The first-order chi connectivity index (χ1) is 8.61. The summed E-state index contributed by atoms with van der Waals surface area (Å²) in [5, 5.41) is 0. The first-order valence-corrected chi connectivity index (χ1v) is 7.17. The van der Waals surface area contributed by atoms with Gasteiger partial charge in [0.2, 0.25) is 5.91 Å². The van der Waals surface area contributed by atoms with Gasteiger partial charge >= 0.3 is 0 Å². The zero-order valence-electron chi connectivity index (χ0n) is 11.9. The minimum atomic E-state index is 0.246. The van der Waals surface area contributed by atoms with E-state index in [9.17, 15) is 4.79 Å². The Bertz CT molecular complexity index is 286. The van der Waals surface area contributed by atoms with Crippen molar-refractivity contribution < 1.29 is 9.53 Å². The Morgan fingerprint density at radius 1 is 1.17 bits per heavy atom. The van der Waals surface area contributed by atoms with Gasteiger partial charge in [-0.25, -0.2) is 0 Å². The molecule has 2 fully saturated rings. The van der Waals surface area contributed by atoms with E-state index >= 15 is 0 Å². The molecule has 2 heterocycles. The number of rotatable bonds is 3. The van der Waals surface area contributed by atoms with Crippen LogP contribution in [0.2, 0.25) is 0 Å². The van der Waals surface area contributed by atoms with Gasteiger partial charge in [-0.3, -0.25) is 4.79 Å². The third-order valence-electron chi connectivity index (χ3n) is 4.40. The maximum atomic E-state index is 12.4. The topological polar surface area (TPSA) is 32.8 Å². The van der Waals surface area contributed by atoms with E-state index in [2.05, 4.69) is 18.7 Å². The van der Waals surface area contributed by atoms with Crippen molar-refractivity contribution in [3.8, 4) is 0 Å². The lowest BCUT2D eigenvalue weighted by Gasteiger charge is -2.35. The maximum absolute atomic E-state index is 12.4. The summed E-state index contributed by atoms with van der Waals surface area (Å²) in [6.07, 6.45) is 3.29. The summed E-state index contributed by atoms with van der Waals surface area (Å²) in [6, 6.07) is 0.603. The lowest BCUT2D eigenvalue weighted by atomic mass is 9.94. The molecule has 0 spiro atoms. The maximum Gasteiger partial charge on any atom is 0.225 e. The largest absolute Gasteiger partial charge is 0.380 e. The van der Waals surface area contributed by atoms with Crippen molar-refractivity contribution in [3.63, 3.8) is 0 Å². The van der Waals surface area contributed by atoms with Gasteiger partial charge in [0.25, 0.3) is 0 Å². The molecule has 0 bridgehead atoms. The molecular weight excluding hydrogens is 228 g/mol. The highest BCUT2D eigenvalue weighted by molar-refractivity contribution is 5.79. The van der Waals surface area contributed by atoms with Crippen LogP contribution in [0.15, 0.2) is 0 Å². The van der Waals surface area contributed by atoms with Crippen LogP contribution in [0.1, 0.15) is 33.1 Å². The number of carbonyl (C=O) groups excluding carboxylic acids is 1. The van der Waals surface area contributed by atoms with Crippen molar-refractivity contribution in [2.45, 2.75) is 45.3 Å². The van der Waals surface area contributed by atoms with Gasteiger partial charge in [0.15, 0.2) is 0 Å². The van der Waals surface area contributed by atoms with Crippen molar-refractivity contribution in [2.75, 3.05) is 33.3 Å². The third-order valence-corrected chi connectivity index (χ3v) is 4.40. The van der Waals surface area contributed by atoms with Crippen molar-refractivity contribution in [1.82, 2.24) is 9.80 Å². The number of piperidine rings is 1. The molecule has 4 nitrogen and oxygen atoms in total. The molecule has 2 saturated heterocycles. The molecule has 0 saturated carbocycles. The normalized spacial score (nSPS) is 27.1. The SMILES string of the molecule is COC1CCN(C(=O)C2CCN(C(C)C)CC2)C1. The first-order valence-electron chi connectivity index (χ1n) is 7.17. The van der Waals surface area contributed by atoms with Crippen LogP contribution in [-0.2, 0) is 9.53 Å². The monoisotopic (exact) mass is 254 g/mol. The van der Waals surface area contributed by atoms with Gasteiger partial charge < -0.3 is 14.5 Å². The Kier molecular flexibility index (Phi) is 4.62. The second-order valence-corrected chi connectivity index (χ2v) is 5.83. The molecule has 0 aromatic rings. The highest BCUT2D eigenvalue weighted by Crippen LogP contribution is 2.23. The van der Waals surface area contributed by atoms with Gasteiger partial charge in [0.1, 0.15) is 0 Å². The number of ether oxygens (including phenoxy) is 1. The average Bonchev–Trinajstić information content (AvgIpc) is 2.86. The fourth-order valence-electron chi connectivity index (χ4n) is 3.04. The quantitative estimate of drug-likeness (QED) is 0.762. The molecule has 104 valence electrons. The first kappa shape index (κ1) is 13.8. The lowest BCUT2D eigenvalue weighted by Crippen LogP contribution is -2.44. The third kappa shape index (κ3) is 3.04. The second kappa shape index (κ2) is 6.02. The van der Waals surface area contributed by atoms with E-state index in [1.54, 1.807) is 7.11 Å². The van der Waals surface area contributed by atoms with Crippen LogP contribution >= 0.6 is 0 Å². The van der Waals surface area contributed by atoms with E-state index in [0.29, 0.717) is 11.9 Å². The van der Waals surface area contributed by atoms with Crippen LogP contribution in [0, 0.1) is 5.92 Å². The molecule has 2 aliphatic rings. The van der Waals surface area contributed by atoms with Crippen molar-refractivity contribution in [2.24, 2.45) is 5.92 Å². The summed E-state index contributed by atoms with van der Waals surface area (Å²) in [5.74, 6) is 0.605. The van der Waals surface area contributed by atoms with Gasteiger partial charge in [0.05, 0.1) is 6.10 Å². The molecule has 1 atom stereocenters. The number of likely N-dealkylation sites (tertiary alicyclic amines) is 2. The van der Waals surface area contributed by atoms with Crippen LogP contribution in [0.4, 0.5) is 0 Å². The van der Waals surface area contributed by atoms with Crippen LogP contribution in [0.5, 0.6) is 0 Å². The van der Waals surface area contributed by atoms with Crippen LogP contribution in [0.3, 0.4) is 0 Å². The van der Waals surface area contributed by atoms with Crippen molar-refractivity contribution in [3.05, 3.63) is 0 Å². The lowest BCUT2D eigenvalue weighted by molar-refractivity contribution is -0.136. The minimum absolute atomic E-state index is 0.246. The molecule has 4 heteroatoms. The predicted octanol–water partition coefficient (Wildman–Crippen LogP) is 1.35. The summed E-state index contributed by atoms with van der Waals surface area (Å²) in [5.41, 5.74) is 0. The number of methoxy groups -OCH3 is 1. The molecule has 0 aliphatic carbocycles. The van der Waals surface area contributed by atoms with Gasteiger partial charge in [-0.2, -0.15) is 0 Å². The van der Waals surface area contributed by atoms with Crippen LogP contribution in [-0.4, -0.2) is 61.1 Å². The highest BCUT2D eigenvalue weighted by atomic mass is 16.5. The van der Waals surface area contributed by atoms with Gasteiger partial charge in [0, 0.05) is 32.2 Å². The number of hydrogen-bond donors (Lipinski definition) is 0. The van der Waals surface area contributed by atoms with E-state index in [1.807, 2.05) is 4.90 Å². The molecule has 2 rings (SSSR count). The summed E-state index contributed by atoms with van der Waals surface area (Å²) < 4.78 is 5.33. The molecule has 0 aromatic heterocycles. The second-order valence-electron chi connectivity index (χ2n) is 5.83. The fourth-order valence-corrected chi connectivity index (χ4v) is 3.04. The smallest absolute Gasteiger partial charge is 0.225 e. The number of nitrogens with zero attached hydrogens (tertiary/aromatic N) is 2. The van der Waals surface area contributed by atoms with E-state index < -0.39 is 0 Å². The zero-order valence-corrected chi connectivity index (χ0v) is 11.9. The Morgan fingerprint density at radius 3 is 2.33 bits per heavy atom. The summed E-state index contributed by atoms with van der Waals surface area (Å²) in [6.45, 7) is 8.25. The molecular formula is C14H26N2O2. The number of hydrogen-bond acceptors (Lipinski definition) is 3. The van der Waals surface area contributed by atoms with E-state index in [1.165, 1.54) is 0 Å². The standard InChI is InChI=1S/C14H26N2O2/c1-11(2)15-7-4-12(5-8-15)14(17)16-9-6-13(10-16)18-3/h11-13H,4-10H2,1-3H3. The predicted molar refractivity (Wildman–Crippen MR) is 71.4 cm³/mol. The highest BCUT2D eigenvalue weighted by Gasteiger charge is 2.33. The van der Waals surface area contributed by atoms with E-state index in [4.69, 9.17) is 4.74 Å². The van der Waals surface area contributed by atoms with E-state index in [-0.39, 0.29) is 12.0 Å². The Balaban J connectivity index is 1.81. The van der Waals surface area contributed by atoms with E-state index in [0.717, 1.165) is 45.4 Å². The van der Waals surface area contributed by atoms with Crippen LogP contribution in [0.25, 0.3) is 0 Å². The van der Waals surface area contributed by atoms with Crippen molar-refractivity contribution in [1.29, 1.82) is 0 Å². The number of carbonyl (C=O) groups is 1. The van der Waals surface area contributed by atoms with Crippen molar-refractivity contribution >= 4 is 5.91 Å². The molecule has 18 heavy (non-hydrogen) atoms. The van der Waals surface area contributed by atoms with Gasteiger partial charge in [-0.05, 0) is 46.2 Å². The number of amides is 1. The summed E-state index contributed by atoms with van der Waals surface area (Å²) >= 11 is 0. The molecule has 1 unspecified atom stereocenters. The summed E-state index contributed by atoms with van der Waals surface area (Å²) in [4.78, 5) is 16.9. The molecule has 1 amide bonds. The fraction of sp³-hybridized carbons (Fsp3) is 0.929. The van der Waals surface area contributed by atoms with Crippen LogP contribution < -0.4 is 0 Å². The van der Waals surface area contributed by atoms with Gasteiger partial charge in [-0.15, -0.1) is 0 Å². The minimum Gasteiger partial charge on any atom is -0.380 e. The Morgan fingerprint density at radius 2 is 1.83 bits per heavy atom. The Labute approximate surface area is 110 Å². The summed E-state index contributed by atoms with van der Waals surface area (Å²) in [7, 11) is 1.74. The molecule has 0 aromatic carbocycles. The average molecular weight is 254 g/mol.